The van der Waals surface area contributed by atoms with Crippen molar-refractivity contribution in [2.45, 2.75) is 0 Å². The molecule has 0 bridgehead atoms. The number of rotatable bonds is 0. The molecular weight excluding hydrogens is 486 g/mol. The Bertz CT molecular complexity index is 30.2. The van der Waals surface area contributed by atoms with E-state index in [2.05, 4.69) is 0 Å². The van der Waals surface area contributed by atoms with Gasteiger partial charge in [0, 0.05) is 0 Å². The minimum Gasteiger partial charge on any atom is 0.316 e. The SMILES string of the molecule is Cl.Cl.Cl.O.O.O.O.O.O.O.O.O.O.O.O.O.O.O.O.O.O.[AlH3].[CaH2].[MgH2]. The third-order valence-electron chi connectivity index (χ3n) is 0. The van der Waals surface area contributed by atoms with E-state index in [0.29, 0.717) is 0 Å². The van der Waals surface area contributed by atoms with Crippen LogP contribution >= 0.6 is 37.2 Å². The molecule has 0 aliphatic rings. The molecule has 0 spiro atoms. The van der Waals surface area contributed by atoms with Gasteiger partial charge in [0.2, 0.25) is 0 Å². The van der Waals surface area contributed by atoms with E-state index in [1.165, 1.54) is 0 Å². The minimum absolute atomic E-state index is 0. The van der Waals surface area contributed by atoms with E-state index in [0.717, 1.165) is 0 Å². The number of hydrogen-bond acceptors (Lipinski definition) is 0. The molecule has 0 aromatic rings. The molecule has 0 unspecified atom stereocenters. The average molecular weight is 532 g/mol. The van der Waals surface area contributed by atoms with Crippen LogP contribution in [0.1, 0.15) is 0 Å². The molecule has 0 rings (SSSR count). The fraction of sp³-hybridized carbons (Fsp3) is 0. The monoisotopic (exact) mass is 530 g/mol. The summed E-state index contributed by atoms with van der Waals surface area (Å²) in [7, 11) is 0. The van der Waals surface area contributed by atoms with Crippen molar-refractivity contribution >= 4 is 115 Å². The summed E-state index contributed by atoms with van der Waals surface area (Å²) in [5.41, 5.74) is 0. The van der Waals surface area contributed by atoms with Gasteiger partial charge in [0.15, 0.2) is 17.4 Å². The number of halogens is 3. The molecule has 0 amide bonds. The van der Waals surface area contributed by atoms with Gasteiger partial charge in [-0.25, -0.2) is 0 Å². The maximum absolute atomic E-state index is 0. The summed E-state index contributed by atoms with van der Waals surface area (Å²) >= 11 is 0. The van der Waals surface area contributed by atoms with E-state index >= 15 is 0 Å². The van der Waals surface area contributed by atoms with Gasteiger partial charge in [-0.05, 0) is 0 Å². The molecule has 0 aliphatic carbocycles. The van der Waals surface area contributed by atoms with Crippen molar-refractivity contribution in [3.63, 3.8) is 0 Å². The van der Waals surface area contributed by atoms with Gasteiger partial charge in [-0.15, -0.1) is 37.2 Å². The van der Waals surface area contributed by atoms with E-state index in [-0.39, 0.29) is 214 Å². The molecule has 18 nitrogen and oxygen atoms in total. The van der Waals surface area contributed by atoms with Gasteiger partial charge < -0.3 is 98.6 Å². The van der Waals surface area contributed by atoms with Gasteiger partial charge in [-0.1, -0.05) is 0 Å². The zero-order valence-electron chi connectivity index (χ0n) is 10.2. The first kappa shape index (κ1) is 2410. The predicted molar refractivity (Wildman–Crippen MR) is 114 cm³/mol. The van der Waals surface area contributed by atoms with E-state index in [1.54, 1.807) is 0 Å². The Balaban J connectivity index is 0. The van der Waals surface area contributed by atoms with Gasteiger partial charge in [0.25, 0.3) is 0 Å². The Morgan fingerprint density at radius 1 is 0.208 bits per heavy atom. The van der Waals surface area contributed by atoms with Crippen molar-refractivity contribution in [1.29, 1.82) is 0 Å². The summed E-state index contributed by atoms with van der Waals surface area (Å²) in [6.45, 7) is 0. The van der Waals surface area contributed by atoms with Gasteiger partial charge in [-0.3, -0.25) is 0 Å². The fourth-order valence-electron chi connectivity index (χ4n) is 0. The molecule has 0 heterocycles. The minimum atomic E-state index is 0. The predicted octanol–water partition coefficient (Wildman–Crippen LogP) is -16.6. The summed E-state index contributed by atoms with van der Waals surface area (Å²) in [6.07, 6.45) is 0. The molecule has 0 saturated carbocycles. The van der Waals surface area contributed by atoms with Gasteiger partial charge in [0.1, 0.15) is 0 Å². The van der Waals surface area contributed by atoms with E-state index in [9.17, 15) is 0 Å². The molecule has 0 aromatic carbocycles. The molecule has 24 heteroatoms. The summed E-state index contributed by atoms with van der Waals surface area (Å²) < 4.78 is 0. The van der Waals surface area contributed by atoms with Gasteiger partial charge in [0.05, 0.1) is 0 Å². The Morgan fingerprint density at radius 2 is 0.208 bits per heavy atom. The first-order chi connectivity index (χ1) is 0. The zero-order valence-corrected chi connectivity index (χ0v) is 12.7. The van der Waals surface area contributed by atoms with Crippen LogP contribution in [0.3, 0.4) is 0 Å². The topological polar surface area (TPSA) is 567 Å². The largest absolute Gasteiger partial charge is 0.316 e. The Kier molecular flexibility index (Phi) is 215000. The smallest absolute Gasteiger partial charge is 0.316 e. The van der Waals surface area contributed by atoms with Crippen LogP contribution in [0.25, 0.3) is 0 Å². The standard InChI is InChI=1S/Al.Ca.3ClH.Mg.18H2O.7H/h;;3*1H;;18*1H2;;;;;;;. The Morgan fingerprint density at radius 3 is 0.208 bits per heavy atom. The van der Waals surface area contributed by atoms with Crippen LogP contribution in [0.5, 0.6) is 0 Å². The van der Waals surface area contributed by atoms with Crippen LogP contribution in [0, 0.1) is 0 Å². The molecule has 24 heavy (non-hydrogen) atoms. The van der Waals surface area contributed by atoms with Crippen molar-refractivity contribution < 1.29 is 98.6 Å². The zero-order chi connectivity index (χ0) is 0. The second-order valence-corrected chi connectivity index (χ2v) is 0. The molecule has 0 radical (unpaired) electrons. The molecule has 0 atom stereocenters. The van der Waals surface area contributed by atoms with E-state index < -0.39 is 0 Å². The van der Waals surface area contributed by atoms with E-state index in [1.807, 2.05) is 0 Å². The van der Waals surface area contributed by atoms with Crippen molar-refractivity contribution in [2.24, 2.45) is 0 Å². The van der Waals surface area contributed by atoms with Crippen LogP contribution < -0.4 is 0 Å². The average Bonchev–Trinajstić information content (AvgIpc) is 0. The summed E-state index contributed by atoms with van der Waals surface area (Å²) in [4.78, 5) is 0. The normalized spacial score (nSPS) is 0. The third-order valence-corrected chi connectivity index (χ3v) is 0. The second-order valence-electron chi connectivity index (χ2n) is 0. The molecule has 0 fully saturated rings. The molecule has 0 aliphatic heterocycles. The summed E-state index contributed by atoms with van der Waals surface area (Å²) in [5.74, 6) is 0. The van der Waals surface area contributed by atoms with Crippen LogP contribution in [-0.2, 0) is 0 Å². The number of hydrogen-bond donors (Lipinski definition) is 0. The van der Waals surface area contributed by atoms with E-state index in [4.69, 9.17) is 0 Å². The molecule has 0 saturated heterocycles. The molecular formula is H46AlCaCl3MgO18. The third kappa shape index (κ3) is 1890. The van der Waals surface area contributed by atoms with Crippen LogP contribution in [0.15, 0.2) is 0 Å². The first-order valence-electron chi connectivity index (χ1n) is 0. The van der Waals surface area contributed by atoms with Crippen LogP contribution in [0.4, 0.5) is 0 Å². The Hall–Kier alpha value is 2.71. The molecule has 0 aromatic heterocycles. The van der Waals surface area contributed by atoms with Crippen molar-refractivity contribution in [3.8, 4) is 0 Å². The molecule has 182 valence electrons. The quantitative estimate of drug-likeness (QED) is 0.262. The van der Waals surface area contributed by atoms with Crippen molar-refractivity contribution in [3.05, 3.63) is 0 Å². The van der Waals surface area contributed by atoms with Gasteiger partial charge >= 0.3 is 60.8 Å². The van der Waals surface area contributed by atoms with Gasteiger partial charge in [-0.2, -0.15) is 0 Å². The maximum atomic E-state index is 0. The van der Waals surface area contributed by atoms with Crippen molar-refractivity contribution in [1.82, 2.24) is 0 Å². The van der Waals surface area contributed by atoms with Crippen LogP contribution in [-0.4, -0.2) is 177 Å². The summed E-state index contributed by atoms with van der Waals surface area (Å²) in [5, 5.41) is 0. The van der Waals surface area contributed by atoms with Crippen LogP contribution in [0.2, 0.25) is 0 Å². The first-order valence-corrected chi connectivity index (χ1v) is 0. The maximum Gasteiger partial charge on any atom is 0.316 e. The van der Waals surface area contributed by atoms with Crippen molar-refractivity contribution in [2.75, 3.05) is 0 Å². The molecule has 36 N–H and O–H groups in total. The fourth-order valence-corrected chi connectivity index (χ4v) is 0. The second kappa shape index (κ2) is 2140. The summed E-state index contributed by atoms with van der Waals surface area (Å²) in [6, 6.07) is 0. The Labute approximate surface area is 212 Å².